The molecule has 2 saturated heterocycles. The maximum atomic E-state index is 15.3. The molecule has 3 aliphatic rings. The lowest BCUT2D eigenvalue weighted by molar-refractivity contribution is -0.128. The number of morpholine rings is 1. The van der Waals surface area contributed by atoms with Gasteiger partial charge in [-0.3, -0.25) is 14.3 Å². The van der Waals surface area contributed by atoms with E-state index in [1.165, 1.54) is 18.2 Å². The number of nitrogens with zero attached hydrogens (tertiary/aromatic N) is 5. The van der Waals surface area contributed by atoms with E-state index in [2.05, 4.69) is 21.4 Å². The standard InChI is InChI=1S/C31H35F2N5O3S/c1-5-26(39)36-14-20(4)37(15-19(36)3)30-24-12-18(2)27(23-7-6-21(32)13-25(23)33)29-28(24)38(31(40)34-30)16-22(17-42-29)35-8-10-41-11-9-35/h5-7,12-13,19-20,22H,1,8-11,14-17H2,2-4H3/t19-,20+,22?/m1/s1. The smallest absolute Gasteiger partial charge is 0.350 e. The monoisotopic (exact) mass is 595 g/mol. The van der Waals surface area contributed by atoms with Crippen molar-refractivity contribution in [2.24, 2.45) is 0 Å². The van der Waals surface area contributed by atoms with Crippen LogP contribution in [-0.2, 0) is 16.1 Å². The van der Waals surface area contributed by atoms with Crippen molar-refractivity contribution in [1.29, 1.82) is 0 Å². The van der Waals surface area contributed by atoms with Gasteiger partial charge in [0.2, 0.25) is 5.91 Å². The molecule has 3 aromatic rings. The highest BCUT2D eigenvalue weighted by atomic mass is 32.2. The van der Waals surface area contributed by atoms with Crippen LogP contribution in [0.2, 0.25) is 0 Å². The summed E-state index contributed by atoms with van der Waals surface area (Å²) in [5.74, 6) is -0.140. The van der Waals surface area contributed by atoms with Crippen molar-refractivity contribution < 1.29 is 18.3 Å². The Bertz CT molecular complexity index is 1620. The number of ether oxygens (including phenoxy) is 1. The number of thioether (sulfide) groups is 1. The first-order chi connectivity index (χ1) is 20.2. The van der Waals surface area contributed by atoms with E-state index in [0.717, 1.165) is 40.5 Å². The third kappa shape index (κ3) is 5.01. The summed E-state index contributed by atoms with van der Waals surface area (Å²) in [6.45, 7) is 13.8. The van der Waals surface area contributed by atoms with E-state index >= 15 is 4.39 Å². The Balaban J connectivity index is 1.55. The summed E-state index contributed by atoms with van der Waals surface area (Å²) in [6, 6.07) is 5.46. The van der Waals surface area contributed by atoms with Gasteiger partial charge in [-0.2, -0.15) is 4.98 Å². The summed E-state index contributed by atoms with van der Waals surface area (Å²) in [6.07, 6.45) is 1.33. The van der Waals surface area contributed by atoms with Crippen molar-refractivity contribution in [2.45, 2.75) is 50.3 Å². The molecule has 1 aromatic heterocycles. The molecule has 42 heavy (non-hydrogen) atoms. The molecule has 222 valence electrons. The number of rotatable bonds is 4. The van der Waals surface area contributed by atoms with Gasteiger partial charge in [-0.15, -0.1) is 11.8 Å². The zero-order valence-electron chi connectivity index (χ0n) is 24.1. The fourth-order valence-electron chi connectivity index (χ4n) is 6.53. The number of anilines is 1. The van der Waals surface area contributed by atoms with Crippen LogP contribution in [0.5, 0.6) is 0 Å². The lowest BCUT2D eigenvalue weighted by Gasteiger charge is -2.44. The Morgan fingerprint density at radius 1 is 1.12 bits per heavy atom. The van der Waals surface area contributed by atoms with Gasteiger partial charge in [0.25, 0.3) is 0 Å². The van der Waals surface area contributed by atoms with Gasteiger partial charge in [0.15, 0.2) is 0 Å². The number of benzene rings is 2. The highest BCUT2D eigenvalue weighted by molar-refractivity contribution is 7.99. The molecule has 0 radical (unpaired) electrons. The zero-order valence-corrected chi connectivity index (χ0v) is 24.9. The minimum Gasteiger partial charge on any atom is -0.379 e. The predicted octanol–water partition coefficient (Wildman–Crippen LogP) is 4.07. The fourth-order valence-corrected chi connectivity index (χ4v) is 7.98. The topological polar surface area (TPSA) is 70.9 Å². The van der Waals surface area contributed by atoms with E-state index in [4.69, 9.17) is 4.74 Å². The fraction of sp³-hybridized carbons (Fsp3) is 0.452. The SMILES string of the molecule is C=CC(=O)N1C[C@H](C)N(c2nc(=O)n3c4c(c(-c5ccc(F)cc5F)c(C)cc24)SCC(N2CCOCC2)C3)C[C@H]1C. The second kappa shape index (κ2) is 11.4. The van der Waals surface area contributed by atoms with Crippen molar-refractivity contribution in [3.8, 4) is 11.1 Å². The number of halogens is 2. The van der Waals surface area contributed by atoms with Crippen molar-refractivity contribution in [2.75, 3.05) is 50.0 Å². The Morgan fingerprint density at radius 2 is 1.88 bits per heavy atom. The molecule has 3 atom stereocenters. The number of carbonyl (C=O) groups is 1. The van der Waals surface area contributed by atoms with Crippen molar-refractivity contribution in [3.05, 3.63) is 64.6 Å². The molecule has 0 spiro atoms. The first-order valence-electron chi connectivity index (χ1n) is 14.4. The average Bonchev–Trinajstić information content (AvgIpc) is 3.18. The molecular weight excluding hydrogens is 560 g/mol. The number of aryl methyl sites for hydroxylation is 1. The van der Waals surface area contributed by atoms with Crippen LogP contribution in [0.3, 0.4) is 0 Å². The zero-order chi connectivity index (χ0) is 29.7. The van der Waals surface area contributed by atoms with Gasteiger partial charge in [0, 0.05) is 84.1 Å². The van der Waals surface area contributed by atoms with E-state index < -0.39 is 11.6 Å². The molecule has 0 N–H and O–H groups in total. The largest absolute Gasteiger partial charge is 0.379 e. The summed E-state index contributed by atoms with van der Waals surface area (Å²) >= 11 is 1.61. The van der Waals surface area contributed by atoms with Gasteiger partial charge in [0.05, 0.1) is 18.7 Å². The summed E-state index contributed by atoms with van der Waals surface area (Å²) in [5.41, 5.74) is 2.15. The third-order valence-electron chi connectivity index (χ3n) is 8.69. The molecular formula is C31H35F2N5O3S. The molecule has 4 heterocycles. The molecule has 3 aliphatic heterocycles. The second-order valence-electron chi connectivity index (χ2n) is 11.4. The van der Waals surface area contributed by atoms with Gasteiger partial charge in [0.1, 0.15) is 17.5 Å². The van der Waals surface area contributed by atoms with E-state index in [0.29, 0.717) is 55.5 Å². The second-order valence-corrected chi connectivity index (χ2v) is 12.4. The summed E-state index contributed by atoms with van der Waals surface area (Å²) < 4.78 is 36.5. The average molecular weight is 596 g/mol. The number of amides is 1. The van der Waals surface area contributed by atoms with E-state index in [1.54, 1.807) is 21.2 Å². The highest BCUT2D eigenvalue weighted by Crippen LogP contribution is 2.44. The number of piperazine rings is 1. The van der Waals surface area contributed by atoms with Crippen LogP contribution in [0.25, 0.3) is 22.0 Å². The predicted molar refractivity (Wildman–Crippen MR) is 161 cm³/mol. The van der Waals surface area contributed by atoms with Crippen molar-refractivity contribution in [1.82, 2.24) is 19.4 Å². The van der Waals surface area contributed by atoms with Crippen LogP contribution in [0, 0.1) is 18.6 Å². The highest BCUT2D eigenvalue weighted by Gasteiger charge is 2.35. The van der Waals surface area contributed by atoms with E-state index in [9.17, 15) is 14.0 Å². The van der Waals surface area contributed by atoms with Crippen LogP contribution in [0.1, 0.15) is 19.4 Å². The molecule has 2 aromatic carbocycles. The Morgan fingerprint density at radius 3 is 2.60 bits per heavy atom. The maximum Gasteiger partial charge on any atom is 0.350 e. The molecule has 8 nitrogen and oxygen atoms in total. The molecule has 11 heteroatoms. The van der Waals surface area contributed by atoms with Gasteiger partial charge < -0.3 is 14.5 Å². The normalized spacial score (nSPS) is 23.2. The Labute approximate surface area is 247 Å². The van der Waals surface area contributed by atoms with E-state index in [1.807, 2.05) is 26.8 Å². The van der Waals surface area contributed by atoms with Crippen molar-refractivity contribution >= 4 is 34.4 Å². The molecule has 0 saturated carbocycles. The van der Waals surface area contributed by atoms with Crippen LogP contribution >= 0.6 is 11.8 Å². The Kier molecular flexibility index (Phi) is 7.84. The Hall–Kier alpha value is -3.28. The number of aromatic nitrogens is 2. The summed E-state index contributed by atoms with van der Waals surface area (Å²) in [7, 11) is 0. The van der Waals surface area contributed by atoms with E-state index in [-0.39, 0.29) is 29.7 Å². The molecule has 0 bridgehead atoms. The minimum absolute atomic E-state index is 0.0541. The molecule has 2 fully saturated rings. The third-order valence-corrected chi connectivity index (χ3v) is 9.92. The first kappa shape index (κ1) is 28.8. The molecule has 6 rings (SSSR count). The minimum atomic E-state index is -0.642. The summed E-state index contributed by atoms with van der Waals surface area (Å²) in [4.78, 5) is 38.1. The maximum absolute atomic E-state index is 15.3. The molecule has 1 unspecified atom stereocenters. The van der Waals surface area contributed by atoms with Crippen LogP contribution in [0.4, 0.5) is 14.6 Å². The summed E-state index contributed by atoms with van der Waals surface area (Å²) in [5, 5.41) is 0.811. The van der Waals surface area contributed by atoms with Gasteiger partial charge in [-0.25, -0.2) is 13.6 Å². The van der Waals surface area contributed by atoms with Crippen LogP contribution in [-0.4, -0.2) is 88.5 Å². The van der Waals surface area contributed by atoms with Crippen LogP contribution in [0.15, 0.2) is 46.6 Å². The molecule has 0 aliphatic carbocycles. The lowest BCUT2D eigenvalue weighted by Crippen LogP contribution is -2.58. The number of hydrogen-bond acceptors (Lipinski definition) is 7. The van der Waals surface area contributed by atoms with Crippen LogP contribution < -0.4 is 10.6 Å². The van der Waals surface area contributed by atoms with Gasteiger partial charge >= 0.3 is 5.69 Å². The number of carbonyl (C=O) groups excluding carboxylic acids is 1. The quantitative estimate of drug-likeness (QED) is 0.422. The lowest BCUT2D eigenvalue weighted by atomic mass is 9.96. The molecule has 1 amide bonds. The van der Waals surface area contributed by atoms with Gasteiger partial charge in [-0.1, -0.05) is 6.58 Å². The first-order valence-corrected chi connectivity index (χ1v) is 15.3. The number of hydrogen-bond donors (Lipinski definition) is 0. The van der Waals surface area contributed by atoms with Crippen molar-refractivity contribution in [3.63, 3.8) is 0 Å². The van der Waals surface area contributed by atoms with Gasteiger partial charge in [-0.05, 0) is 50.6 Å².